The van der Waals surface area contributed by atoms with Crippen molar-refractivity contribution in [1.29, 1.82) is 0 Å². The Morgan fingerprint density at radius 1 is 0.412 bits per heavy atom. The second-order valence-corrected chi connectivity index (χ2v) is 21.0. The molecule has 0 aliphatic carbocycles. The van der Waals surface area contributed by atoms with Crippen molar-refractivity contribution >= 4 is 11.9 Å². The molecule has 68 heavy (non-hydrogen) atoms. The van der Waals surface area contributed by atoms with Gasteiger partial charge in [-0.05, 0) is 44.9 Å². The van der Waals surface area contributed by atoms with Gasteiger partial charge in [0.2, 0.25) is 5.91 Å². The number of ether oxygens (including phenoxy) is 1. The highest BCUT2D eigenvalue weighted by molar-refractivity contribution is 5.76. The average molecular weight is 959 g/mol. The molecule has 0 saturated heterocycles. The summed E-state index contributed by atoms with van der Waals surface area (Å²) in [5.74, 6) is -0.0697. The first-order chi connectivity index (χ1) is 33.5. The van der Waals surface area contributed by atoms with Gasteiger partial charge < -0.3 is 20.3 Å². The molecule has 0 heterocycles. The summed E-state index contributed by atoms with van der Waals surface area (Å²) in [6.07, 6.45) is 70.6. The summed E-state index contributed by atoms with van der Waals surface area (Å²) in [6, 6.07) is -0.544. The van der Waals surface area contributed by atoms with Crippen LogP contribution >= 0.6 is 0 Å². The summed E-state index contributed by atoms with van der Waals surface area (Å²) >= 11 is 0. The van der Waals surface area contributed by atoms with Gasteiger partial charge >= 0.3 is 5.97 Å². The second kappa shape index (κ2) is 57.9. The average Bonchev–Trinajstić information content (AvgIpc) is 3.34. The van der Waals surface area contributed by atoms with Gasteiger partial charge in [0.15, 0.2) is 0 Å². The van der Waals surface area contributed by atoms with E-state index in [0.717, 1.165) is 51.4 Å². The maximum Gasteiger partial charge on any atom is 0.305 e. The topological polar surface area (TPSA) is 95.9 Å². The van der Waals surface area contributed by atoms with Crippen LogP contribution in [0, 0.1) is 0 Å². The largest absolute Gasteiger partial charge is 0.465 e. The summed E-state index contributed by atoms with van der Waals surface area (Å²) in [6.45, 7) is 4.86. The highest BCUT2D eigenvalue weighted by atomic mass is 16.5. The summed E-state index contributed by atoms with van der Waals surface area (Å²) in [5, 5.41) is 23.2. The number of carbonyl (C=O) groups excluding carboxylic acids is 2. The lowest BCUT2D eigenvalue weighted by Gasteiger charge is -2.22. The molecule has 402 valence electrons. The van der Waals surface area contributed by atoms with Crippen LogP contribution in [0.2, 0.25) is 0 Å². The molecule has 0 aliphatic heterocycles. The van der Waals surface area contributed by atoms with E-state index in [-0.39, 0.29) is 18.5 Å². The van der Waals surface area contributed by atoms with Crippen molar-refractivity contribution in [3.05, 3.63) is 24.3 Å². The van der Waals surface area contributed by atoms with Gasteiger partial charge in [-0.15, -0.1) is 0 Å². The third kappa shape index (κ3) is 53.7. The number of rotatable bonds is 57. The molecule has 0 aromatic rings. The number of carbonyl (C=O) groups is 2. The molecule has 2 unspecified atom stereocenters. The van der Waals surface area contributed by atoms with Crippen LogP contribution in [0.3, 0.4) is 0 Å². The van der Waals surface area contributed by atoms with Gasteiger partial charge in [0, 0.05) is 12.8 Å². The van der Waals surface area contributed by atoms with E-state index >= 15 is 0 Å². The fourth-order valence-electron chi connectivity index (χ4n) is 9.60. The molecule has 3 N–H and O–H groups in total. The first kappa shape index (κ1) is 66.3. The molecule has 0 fully saturated rings. The fourth-order valence-corrected chi connectivity index (χ4v) is 9.60. The third-order valence-electron chi connectivity index (χ3n) is 14.3. The van der Waals surface area contributed by atoms with Gasteiger partial charge in [-0.2, -0.15) is 0 Å². The number of allylic oxidation sites excluding steroid dienone is 3. The number of aliphatic hydroxyl groups is 2. The van der Waals surface area contributed by atoms with Crippen molar-refractivity contribution in [3.63, 3.8) is 0 Å². The first-order valence-corrected chi connectivity index (χ1v) is 30.6. The Labute approximate surface area is 424 Å². The molecule has 0 aliphatic rings. The molecule has 0 spiro atoms. The normalized spacial score (nSPS) is 12.7. The van der Waals surface area contributed by atoms with E-state index < -0.39 is 12.1 Å². The molecule has 6 heteroatoms. The number of esters is 1. The van der Waals surface area contributed by atoms with Crippen molar-refractivity contribution in [2.75, 3.05) is 13.2 Å². The molecule has 0 aromatic heterocycles. The Kier molecular flexibility index (Phi) is 56.5. The summed E-state index contributed by atoms with van der Waals surface area (Å²) < 4.78 is 5.43. The van der Waals surface area contributed by atoms with E-state index in [0.29, 0.717) is 25.9 Å². The molecule has 1 amide bonds. The van der Waals surface area contributed by atoms with Crippen LogP contribution in [0.1, 0.15) is 335 Å². The molecular formula is C62H119NO5. The first-order valence-electron chi connectivity index (χ1n) is 30.6. The second-order valence-electron chi connectivity index (χ2n) is 21.0. The summed E-state index contributed by atoms with van der Waals surface area (Å²) in [5.41, 5.74) is 0. The predicted octanol–water partition coefficient (Wildman–Crippen LogP) is 19.0. The van der Waals surface area contributed by atoms with Gasteiger partial charge in [-0.25, -0.2) is 0 Å². The molecule has 0 bridgehead atoms. The van der Waals surface area contributed by atoms with Crippen LogP contribution in [0.15, 0.2) is 24.3 Å². The molecule has 6 nitrogen and oxygen atoms in total. The number of amides is 1. The smallest absolute Gasteiger partial charge is 0.305 e. The number of hydrogen-bond acceptors (Lipinski definition) is 5. The minimum absolute atomic E-state index is 0.0305. The van der Waals surface area contributed by atoms with Crippen molar-refractivity contribution in [3.8, 4) is 0 Å². The van der Waals surface area contributed by atoms with E-state index in [1.165, 1.54) is 250 Å². The maximum absolute atomic E-state index is 12.5. The number of aliphatic hydroxyl groups excluding tert-OH is 2. The predicted molar refractivity (Wildman–Crippen MR) is 296 cm³/mol. The van der Waals surface area contributed by atoms with E-state index in [9.17, 15) is 19.8 Å². The Balaban J connectivity index is 3.42. The zero-order valence-corrected chi connectivity index (χ0v) is 45.9. The van der Waals surface area contributed by atoms with Crippen LogP contribution in [-0.4, -0.2) is 47.4 Å². The maximum atomic E-state index is 12.5. The van der Waals surface area contributed by atoms with Crippen molar-refractivity contribution in [2.45, 2.75) is 347 Å². The molecule has 2 atom stereocenters. The van der Waals surface area contributed by atoms with Gasteiger partial charge in [0.1, 0.15) is 0 Å². The minimum Gasteiger partial charge on any atom is -0.465 e. The van der Waals surface area contributed by atoms with Crippen LogP contribution in [0.4, 0.5) is 0 Å². The minimum atomic E-state index is -0.666. The highest BCUT2D eigenvalue weighted by Gasteiger charge is 2.20. The lowest BCUT2D eigenvalue weighted by molar-refractivity contribution is -0.143. The van der Waals surface area contributed by atoms with Gasteiger partial charge in [0.25, 0.3) is 0 Å². The van der Waals surface area contributed by atoms with Crippen molar-refractivity contribution in [2.24, 2.45) is 0 Å². The summed E-state index contributed by atoms with van der Waals surface area (Å²) in [4.78, 5) is 24.5. The number of nitrogens with one attached hydrogen (secondary N) is 1. The Bertz CT molecular complexity index is 1060. The van der Waals surface area contributed by atoms with E-state index in [2.05, 4.69) is 43.5 Å². The third-order valence-corrected chi connectivity index (χ3v) is 14.3. The molecule has 0 aromatic carbocycles. The molecule has 0 radical (unpaired) electrons. The SMILES string of the molecule is CCCCCCCCCCCCCCCCCCCCC(=O)OCC/C=C\C/C=C\CCCCCCCCCCCCCCCCC(=O)NC(CO)C(O)CCCCCCCCCCCCCC. The van der Waals surface area contributed by atoms with Crippen LogP contribution < -0.4 is 5.32 Å². The lowest BCUT2D eigenvalue weighted by Crippen LogP contribution is -2.45. The zero-order valence-electron chi connectivity index (χ0n) is 45.9. The highest BCUT2D eigenvalue weighted by Crippen LogP contribution is 2.18. The van der Waals surface area contributed by atoms with E-state index in [4.69, 9.17) is 4.74 Å². The van der Waals surface area contributed by atoms with Crippen LogP contribution in [-0.2, 0) is 14.3 Å². The number of hydrogen-bond donors (Lipinski definition) is 3. The molecule has 0 rings (SSSR count). The Hall–Kier alpha value is -1.66. The number of unbranched alkanes of at least 4 members (excludes halogenated alkanes) is 42. The quantitative estimate of drug-likeness (QED) is 0.0321. The van der Waals surface area contributed by atoms with E-state index in [1.807, 2.05) is 0 Å². The Morgan fingerprint density at radius 2 is 0.735 bits per heavy atom. The van der Waals surface area contributed by atoms with Gasteiger partial charge in [0.05, 0.1) is 25.4 Å². The van der Waals surface area contributed by atoms with Gasteiger partial charge in [-0.3, -0.25) is 9.59 Å². The molecule has 0 saturated carbocycles. The molecular weight excluding hydrogens is 839 g/mol. The van der Waals surface area contributed by atoms with Crippen molar-refractivity contribution < 1.29 is 24.5 Å². The fraction of sp³-hybridized carbons (Fsp3) is 0.903. The zero-order chi connectivity index (χ0) is 49.3. The lowest BCUT2D eigenvalue weighted by atomic mass is 10.0. The van der Waals surface area contributed by atoms with Crippen molar-refractivity contribution in [1.82, 2.24) is 5.32 Å². The van der Waals surface area contributed by atoms with Gasteiger partial charge in [-0.1, -0.05) is 301 Å². The van der Waals surface area contributed by atoms with Crippen LogP contribution in [0.25, 0.3) is 0 Å². The van der Waals surface area contributed by atoms with E-state index in [1.54, 1.807) is 0 Å². The standard InChI is InChI=1S/C62H119NO5/c1-3-5-7-9-11-13-15-17-18-19-26-29-32-36-40-44-48-52-56-62(67)68-57-53-49-45-41-37-33-30-27-24-22-20-21-23-25-28-31-35-39-43-47-51-55-61(66)63-59(58-64)60(65)54-50-46-42-38-34-16-14-12-10-8-6-4-2/h33,37,45,49,59-60,64-65H,3-32,34-36,38-44,46-48,50-58H2,1-2H3,(H,63,66)/b37-33-,49-45-. The summed E-state index contributed by atoms with van der Waals surface area (Å²) in [7, 11) is 0. The Morgan fingerprint density at radius 3 is 1.12 bits per heavy atom. The van der Waals surface area contributed by atoms with Crippen LogP contribution in [0.5, 0.6) is 0 Å². The monoisotopic (exact) mass is 958 g/mol.